The second-order valence-electron chi connectivity index (χ2n) is 4.95. The monoisotopic (exact) mass is 339 g/mol. The maximum absolute atomic E-state index is 11.9. The van der Waals surface area contributed by atoms with Gasteiger partial charge in [0, 0.05) is 24.4 Å². The molecular weight excluding hydrogens is 322 g/mol. The highest BCUT2D eigenvalue weighted by atomic mass is 32.1. The van der Waals surface area contributed by atoms with Crippen molar-refractivity contribution in [2.24, 2.45) is 0 Å². The van der Waals surface area contributed by atoms with Crippen LogP contribution in [0.25, 0.3) is 6.08 Å². The Labute approximate surface area is 145 Å². The van der Waals surface area contributed by atoms with E-state index in [0.29, 0.717) is 11.4 Å². The molecule has 2 amide bonds. The predicted molar refractivity (Wildman–Crippen MR) is 101 cm³/mol. The molecule has 0 spiro atoms. The third-order valence-electron chi connectivity index (χ3n) is 2.93. The van der Waals surface area contributed by atoms with Crippen LogP contribution in [0.5, 0.6) is 0 Å². The van der Waals surface area contributed by atoms with Crippen molar-refractivity contribution in [1.29, 1.82) is 0 Å². The van der Waals surface area contributed by atoms with E-state index in [1.54, 1.807) is 30.3 Å². The number of nitrogens with one attached hydrogen (secondary N) is 3. The summed E-state index contributed by atoms with van der Waals surface area (Å²) < 4.78 is 0. The van der Waals surface area contributed by atoms with Gasteiger partial charge in [-0.2, -0.15) is 0 Å². The highest BCUT2D eigenvalue weighted by molar-refractivity contribution is 7.80. The first kappa shape index (κ1) is 17.4. The minimum Gasteiger partial charge on any atom is -0.332 e. The second-order valence-corrected chi connectivity index (χ2v) is 5.35. The number of hydrogen-bond acceptors (Lipinski definition) is 3. The topological polar surface area (TPSA) is 70.2 Å². The molecule has 0 aromatic heterocycles. The van der Waals surface area contributed by atoms with E-state index >= 15 is 0 Å². The molecule has 0 radical (unpaired) electrons. The van der Waals surface area contributed by atoms with Gasteiger partial charge in [-0.05, 0) is 48.1 Å². The van der Waals surface area contributed by atoms with Gasteiger partial charge < -0.3 is 16.0 Å². The van der Waals surface area contributed by atoms with Crippen LogP contribution in [0.2, 0.25) is 0 Å². The fraction of sp³-hybridized carbons (Fsp3) is 0.0556. The lowest BCUT2D eigenvalue weighted by Gasteiger charge is -2.09. The highest BCUT2D eigenvalue weighted by Gasteiger charge is 2.01. The first-order valence-corrected chi connectivity index (χ1v) is 7.66. The maximum Gasteiger partial charge on any atom is 0.248 e. The van der Waals surface area contributed by atoms with Gasteiger partial charge in [0.1, 0.15) is 0 Å². The van der Waals surface area contributed by atoms with Crippen molar-refractivity contribution in [1.82, 2.24) is 5.32 Å². The van der Waals surface area contributed by atoms with Crippen LogP contribution in [0.1, 0.15) is 12.5 Å². The molecule has 0 heterocycles. The molecule has 0 unspecified atom stereocenters. The van der Waals surface area contributed by atoms with E-state index in [9.17, 15) is 9.59 Å². The second kappa shape index (κ2) is 8.59. The first-order chi connectivity index (χ1) is 11.5. The summed E-state index contributed by atoms with van der Waals surface area (Å²) in [6.07, 6.45) is 3.23. The van der Waals surface area contributed by atoms with Gasteiger partial charge in [-0.3, -0.25) is 9.59 Å². The smallest absolute Gasteiger partial charge is 0.248 e. The summed E-state index contributed by atoms with van der Waals surface area (Å²) in [6.45, 7) is 1.38. The Kier molecular flexibility index (Phi) is 6.22. The van der Waals surface area contributed by atoms with Crippen molar-refractivity contribution in [2.75, 3.05) is 10.6 Å². The molecule has 0 aliphatic rings. The average molecular weight is 339 g/mol. The van der Waals surface area contributed by atoms with Crippen LogP contribution < -0.4 is 16.0 Å². The van der Waals surface area contributed by atoms with Crippen molar-refractivity contribution in [2.45, 2.75) is 6.92 Å². The van der Waals surface area contributed by atoms with Crippen LogP contribution in [0.4, 0.5) is 11.4 Å². The van der Waals surface area contributed by atoms with Gasteiger partial charge in [-0.25, -0.2) is 0 Å². The molecule has 0 aliphatic heterocycles. The summed E-state index contributed by atoms with van der Waals surface area (Å²) in [7, 11) is 0. The zero-order valence-electron chi connectivity index (χ0n) is 13.1. The Hall–Kier alpha value is -2.99. The summed E-state index contributed by atoms with van der Waals surface area (Å²) in [5, 5.41) is 8.34. The van der Waals surface area contributed by atoms with Gasteiger partial charge in [0.25, 0.3) is 0 Å². The SMILES string of the molecule is CC(=O)NC(=S)Nc1ccc(NC(=O)C=Cc2ccccc2)cc1. The van der Waals surface area contributed by atoms with Gasteiger partial charge in [-0.1, -0.05) is 30.3 Å². The van der Waals surface area contributed by atoms with E-state index in [0.717, 1.165) is 5.56 Å². The zero-order chi connectivity index (χ0) is 17.4. The molecule has 5 nitrogen and oxygen atoms in total. The minimum absolute atomic E-state index is 0.215. The van der Waals surface area contributed by atoms with Gasteiger partial charge >= 0.3 is 0 Å². The van der Waals surface area contributed by atoms with Gasteiger partial charge in [0.15, 0.2) is 5.11 Å². The Bertz CT molecular complexity index is 756. The number of benzene rings is 2. The summed E-state index contributed by atoms with van der Waals surface area (Å²) in [5.74, 6) is -0.449. The molecule has 24 heavy (non-hydrogen) atoms. The largest absolute Gasteiger partial charge is 0.332 e. The lowest BCUT2D eigenvalue weighted by atomic mass is 10.2. The molecule has 122 valence electrons. The third kappa shape index (κ3) is 6.02. The van der Waals surface area contributed by atoms with E-state index in [-0.39, 0.29) is 16.9 Å². The molecule has 2 aromatic carbocycles. The predicted octanol–water partition coefficient (Wildman–Crippen LogP) is 3.17. The summed E-state index contributed by atoms with van der Waals surface area (Å²) in [5.41, 5.74) is 2.33. The lowest BCUT2D eigenvalue weighted by Crippen LogP contribution is -2.32. The Balaban J connectivity index is 1.89. The van der Waals surface area contributed by atoms with Crippen molar-refractivity contribution >= 4 is 46.6 Å². The summed E-state index contributed by atoms with van der Waals surface area (Å²) in [4.78, 5) is 22.8. The number of rotatable bonds is 4. The summed E-state index contributed by atoms with van der Waals surface area (Å²) in [6, 6.07) is 16.6. The van der Waals surface area contributed by atoms with E-state index in [1.807, 2.05) is 30.3 Å². The zero-order valence-corrected chi connectivity index (χ0v) is 13.9. The number of thiocarbonyl (C=S) groups is 1. The van der Waals surface area contributed by atoms with Crippen molar-refractivity contribution < 1.29 is 9.59 Å². The number of anilines is 2. The Morgan fingerprint density at radius 2 is 1.50 bits per heavy atom. The molecule has 3 N–H and O–H groups in total. The molecule has 2 aromatic rings. The van der Waals surface area contributed by atoms with Crippen LogP contribution in [-0.2, 0) is 9.59 Å². The quantitative estimate of drug-likeness (QED) is 0.591. The molecule has 0 atom stereocenters. The van der Waals surface area contributed by atoms with E-state index in [4.69, 9.17) is 12.2 Å². The normalized spacial score (nSPS) is 10.2. The van der Waals surface area contributed by atoms with Gasteiger partial charge in [0.2, 0.25) is 11.8 Å². The average Bonchev–Trinajstić information content (AvgIpc) is 2.55. The van der Waals surface area contributed by atoms with Crippen LogP contribution in [-0.4, -0.2) is 16.9 Å². The van der Waals surface area contributed by atoms with Crippen LogP contribution in [0, 0.1) is 0 Å². The molecule has 0 bridgehead atoms. The molecule has 0 saturated heterocycles. The molecule has 6 heteroatoms. The fourth-order valence-corrected chi connectivity index (χ4v) is 2.14. The van der Waals surface area contributed by atoms with Crippen molar-refractivity contribution in [3.8, 4) is 0 Å². The first-order valence-electron chi connectivity index (χ1n) is 7.26. The van der Waals surface area contributed by atoms with Crippen LogP contribution in [0.3, 0.4) is 0 Å². The molecule has 0 fully saturated rings. The maximum atomic E-state index is 11.9. The molecule has 2 rings (SSSR count). The van der Waals surface area contributed by atoms with Crippen molar-refractivity contribution in [3.63, 3.8) is 0 Å². The highest BCUT2D eigenvalue weighted by Crippen LogP contribution is 2.13. The molecule has 0 aliphatic carbocycles. The standard InChI is InChI=1S/C18H17N3O2S/c1-13(22)19-18(24)21-16-10-8-15(9-11-16)20-17(23)12-7-14-5-3-2-4-6-14/h2-12H,1H3,(H,20,23)(H2,19,21,22,24). The Morgan fingerprint density at radius 3 is 2.08 bits per heavy atom. The van der Waals surface area contributed by atoms with Crippen molar-refractivity contribution in [3.05, 3.63) is 66.2 Å². The van der Waals surface area contributed by atoms with Gasteiger partial charge in [0.05, 0.1) is 0 Å². The summed E-state index contributed by atoms with van der Waals surface area (Å²) >= 11 is 4.97. The number of hydrogen-bond donors (Lipinski definition) is 3. The number of amides is 2. The van der Waals surface area contributed by atoms with Crippen LogP contribution >= 0.6 is 12.2 Å². The Morgan fingerprint density at radius 1 is 0.917 bits per heavy atom. The molecule has 0 saturated carbocycles. The van der Waals surface area contributed by atoms with Gasteiger partial charge in [-0.15, -0.1) is 0 Å². The van der Waals surface area contributed by atoms with E-state index in [2.05, 4.69) is 16.0 Å². The molecular formula is C18H17N3O2S. The van der Waals surface area contributed by atoms with E-state index < -0.39 is 0 Å². The lowest BCUT2D eigenvalue weighted by molar-refractivity contribution is -0.117. The third-order valence-corrected chi connectivity index (χ3v) is 3.13. The number of carbonyl (C=O) groups excluding carboxylic acids is 2. The van der Waals surface area contributed by atoms with Crippen LogP contribution in [0.15, 0.2) is 60.7 Å². The van der Waals surface area contributed by atoms with E-state index in [1.165, 1.54) is 13.0 Å². The minimum atomic E-state index is -0.235. The number of carbonyl (C=O) groups is 2. The fourth-order valence-electron chi connectivity index (χ4n) is 1.88.